The van der Waals surface area contributed by atoms with Crippen LogP contribution in [0.15, 0.2) is 18.2 Å². The third-order valence-electron chi connectivity index (χ3n) is 3.75. The molecule has 1 aliphatic heterocycles. The lowest BCUT2D eigenvalue weighted by Gasteiger charge is -2.22. The first kappa shape index (κ1) is 14.8. The van der Waals surface area contributed by atoms with E-state index in [0.29, 0.717) is 23.2 Å². The molecule has 0 spiro atoms. The van der Waals surface area contributed by atoms with Gasteiger partial charge < -0.3 is 10.6 Å². The van der Waals surface area contributed by atoms with Gasteiger partial charge in [-0.25, -0.2) is 9.78 Å². The molecule has 1 fully saturated rings. The summed E-state index contributed by atoms with van der Waals surface area (Å²) in [5.74, 6) is 0.542. The molecule has 0 aliphatic carbocycles. The summed E-state index contributed by atoms with van der Waals surface area (Å²) >= 11 is 1.37. The number of amides is 2. The number of carbonyl (C=O) groups is 1. The van der Waals surface area contributed by atoms with Gasteiger partial charge in [-0.15, -0.1) is 0 Å². The number of fused-ring (bicyclic) bond motifs is 1. The van der Waals surface area contributed by atoms with Gasteiger partial charge >= 0.3 is 6.03 Å². The zero-order chi connectivity index (χ0) is 15.4. The average Bonchev–Trinajstić information content (AvgIpc) is 2.95. The number of urea groups is 1. The highest BCUT2D eigenvalue weighted by Crippen LogP contribution is 2.26. The summed E-state index contributed by atoms with van der Waals surface area (Å²) in [7, 11) is 0. The minimum atomic E-state index is -0.224. The highest BCUT2D eigenvalue weighted by atomic mass is 32.1. The summed E-state index contributed by atoms with van der Waals surface area (Å²) in [6.45, 7) is 2.73. The van der Waals surface area contributed by atoms with Gasteiger partial charge in [0.2, 0.25) is 0 Å². The Morgan fingerprint density at radius 1 is 1.45 bits per heavy atom. The van der Waals surface area contributed by atoms with Crippen LogP contribution in [-0.4, -0.2) is 30.6 Å². The minimum absolute atomic E-state index is 0.224. The molecular weight excluding hydrogens is 298 g/mol. The Kier molecular flexibility index (Phi) is 4.51. The summed E-state index contributed by atoms with van der Waals surface area (Å²) in [5, 5.41) is 18.4. The first-order valence-electron chi connectivity index (χ1n) is 7.31. The fraction of sp³-hybridized carbons (Fsp3) is 0.400. The maximum absolute atomic E-state index is 11.9. The third-order valence-corrected chi connectivity index (χ3v) is 4.68. The fourth-order valence-corrected chi connectivity index (χ4v) is 3.41. The molecule has 22 heavy (non-hydrogen) atoms. The van der Waals surface area contributed by atoms with E-state index in [9.17, 15) is 4.79 Å². The van der Waals surface area contributed by atoms with Crippen LogP contribution in [0.25, 0.3) is 10.2 Å². The Morgan fingerprint density at radius 3 is 3.05 bits per heavy atom. The summed E-state index contributed by atoms with van der Waals surface area (Å²) < 4.78 is 0.896. The number of thiazole rings is 1. The maximum atomic E-state index is 11.9. The van der Waals surface area contributed by atoms with Gasteiger partial charge in [0.05, 0.1) is 21.8 Å². The lowest BCUT2D eigenvalue weighted by atomic mass is 9.98. The van der Waals surface area contributed by atoms with Crippen LogP contribution < -0.4 is 16.0 Å². The smallest absolute Gasteiger partial charge is 0.321 e. The van der Waals surface area contributed by atoms with Gasteiger partial charge in [-0.05, 0) is 50.0 Å². The summed E-state index contributed by atoms with van der Waals surface area (Å²) in [6.07, 6.45) is 2.19. The molecule has 0 unspecified atom stereocenters. The van der Waals surface area contributed by atoms with Crippen LogP contribution in [0.1, 0.15) is 18.4 Å². The zero-order valence-electron chi connectivity index (χ0n) is 12.1. The molecule has 0 atom stereocenters. The van der Waals surface area contributed by atoms with Crippen LogP contribution in [0.2, 0.25) is 0 Å². The quantitative estimate of drug-likeness (QED) is 0.810. The van der Waals surface area contributed by atoms with E-state index in [0.717, 1.165) is 36.1 Å². The summed E-state index contributed by atoms with van der Waals surface area (Å²) in [5.41, 5.74) is 1.38. The fourth-order valence-electron chi connectivity index (χ4n) is 2.51. The summed E-state index contributed by atoms with van der Waals surface area (Å²) in [4.78, 5) is 16.3. The van der Waals surface area contributed by atoms with Gasteiger partial charge in [-0.3, -0.25) is 5.32 Å². The molecule has 3 N–H and O–H groups in total. The number of nitriles is 1. The van der Waals surface area contributed by atoms with Crippen molar-refractivity contribution in [2.24, 2.45) is 5.92 Å². The van der Waals surface area contributed by atoms with Crippen LogP contribution >= 0.6 is 11.3 Å². The molecule has 0 saturated carbocycles. The number of rotatable bonds is 3. The Balaban J connectivity index is 1.58. The Hall–Kier alpha value is -2.17. The number of piperidine rings is 1. The van der Waals surface area contributed by atoms with Gasteiger partial charge in [0.25, 0.3) is 0 Å². The first-order valence-corrected chi connectivity index (χ1v) is 8.12. The van der Waals surface area contributed by atoms with Crippen LogP contribution in [0.3, 0.4) is 0 Å². The molecule has 0 bridgehead atoms. The minimum Gasteiger partial charge on any atom is -0.338 e. The second kappa shape index (κ2) is 6.73. The number of nitrogens with zero attached hydrogens (tertiary/aromatic N) is 2. The molecule has 2 amide bonds. The lowest BCUT2D eigenvalue weighted by Crippen LogP contribution is -2.37. The third kappa shape index (κ3) is 3.53. The van der Waals surface area contributed by atoms with E-state index in [1.807, 2.05) is 0 Å². The van der Waals surface area contributed by atoms with Crippen molar-refractivity contribution in [3.63, 3.8) is 0 Å². The topological polar surface area (TPSA) is 89.8 Å². The van der Waals surface area contributed by atoms with Crippen molar-refractivity contribution in [1.82, 2.24) is 15.6 Å². The molecule has 6 nitrogen and oxygen atoms in total. The SMILES string of the molecule is N#Cc1ccc2nc(NC(=O)NCC3CCNCC3)sc2c1. The van der Waals surface area contributed by atoms with Gasteiger partial charge in [0, 0.05) is 6.54 Å². The monoisotopic (exact) mass is 315 g/mol. The number of hydrogen-bond acceptors (Lipinski definition) is 5. The van der Waals surface area contributed by atoms with E-state index < -0.39 is 0 Å². The van der Waals surface area contributed by atoms with E-state index in [-0.39, 0.29) is 6.03 Å². The standard InChI is InChI=1S/C15H17N5OS/c16-8-11-1-2-12-13(7-11)22-15(19-12)20-14(21)18-9-10-3-5-17-6-4-10/h1-2,7,10,17H,3-6,9H2,(H2,18,19,20,21). The number of benzene rings is 1. The molecular formula is C15H17N5OS. The van der Waals surface area contributed by atoms with E-state index in [4.69, 9.17) is 5.26 Å². The van der Waals surface area contributed by atoms with E-state index in [1.165, 1.54) is 11.3 Å². The number of aromatic nitrogens is 1. The lowest BCUT2D eigenvalue weighted by molar-refractivity contribution is 0.248. The van der Waals surface area contributed by atoms with E-state index >= 15 is 0 Å². The van der Waals surface area contributed by atoms with Crippen LogP contribution in [0.4, 0.5) is 9.93 Å². The number of anilines is 1. The molecule has 2 aromatic rings. The molecule has 2 heterocycles. The second-order valence-electron chi connectivity index (χ2n) is 5.34. The molecule has 1 aliphatic rings. The molecule has 3 rings (SSSR count). The number of carbonyl (C=O) groups excluding carboxylic acids is 1. The largest absolute Gasteiger partial charge is 0.338 e. The van der Waals surface area contributed by atoms with Crippen molar-refractivity contribution in [3.05, 3.63) is 23.8 Å². The Bertz CT molecular complexity index is 714. The van der Waals surface area contributed by atoms with Gasteiger partial charge in [0.1, 0.15) is 0 Å². The van der Waals surface area contributed by atoms with Crippen LogP contribution in [0.5, 0.6) is 0 Å². The van der Waals surface area contributed by atoms with Crippen LogP contribution in [0, 0.1) is 17.2 Å². The highest BCUT2D eigenvalue weighted by molar-refractivity contribution is 7.22. The molecule has 1 saturated heterocycles. The van der Waals surface area contributed by atoms with Crippen molar-refractivity contribution in [1.29, 1.82) is 5.26 Å². The van der Waals surface area contributed by atoms with Crippen molar-refractivity contribution < 1.29 is 4.79 Å². The Labute approximate surface area is 132 Å². The van der Waals surface area contributed by atoms with Gasteiger partial charge in [0.15, 0.2) is 5.13 Å². The molecule has 1 aromatic carbocycles. The second-order valence-corrected chi connectivity index (χ2v) is 6.37. The number of hydrogen-bond donors (Lipinski definition) is 3. The van der Waals surface area contributed by atoms with Gasteiger partial charge in [-0.2, -0.15) is 5.26 Å². The molecule has 7 heteroatoms. The highest BCUT2D eigenvalue weighted by Gasteiger charge is 2.14. The normalized spacial score (nSPS) is 15.4. The zero-order valence-corrected chi connectivity index (χ0v) is 12.9. The summed E-state index contributed by atoms with van der Waals surface area (Å²) in [6, 6.07) is 7.18. The van der Waals surface area contributed by atoms with Crippen molar-refractivity contribution >= 4 is 32.7 Å². The first-order chi connectivity index (χ1) is 10.7. The molecule has 114 valence electrons. The van der Waals surface area contributed by atoms with Crippen molar-refractivity contribution in [2.75, 3.05) is 25.0 Å². The van der Waals surface area contributed by atoms with Crippen LogP contribution in [-0.2, 0) is 0 Å². The predicted molar refractivity (Wildman–Crippen MR) is 87.0 cm³/mol. The average molecular weight is 315 g/mol. The van der Waals surface area contributed by atoms with E-state index in [1.54, 1.807) is 18.2 Å². The predicted octanol–water partition coefficient (Wildman–Crippen LogP) is 2.29. The molecule has 0 radical (unpaired) electrons. The number of nitrogens with one attached hydrogen (secondary N) is 3. The molecule has 1 aromatic heterocycles. The maximum Gasteiger partial charge on any atom is 0.321 e. The van der Waals surface area contributed by atoms with Gasteiger partial charge in [-0.1, -0.05) is 11.3 Å². The van der Waals surface area contributed by atoms with E-state index in [2.05, 4.69) is 27.0 Å². The van der Waals surface area contributed by atoms with Crippen molar-refractivity contribution in [2.45, 2.75) is 12.8 Å². The van der Waals surface area contributed by atoms with Crippen molar-refractivity contribution in [3.8, 4) is 6.07 Å². The Morgan fingerprint density at radius 2 is 2.27 bits per heavy atom.